The van der Waals surface area contributed by atoms with E-state index in [9.17, 15) is 0 Å². The first-order valence-electron chi connectivity index (χ1n) is 3.57. The van der Waals surface area contributed by atoms with E-state index in [4.69, 9.17) is 35.0 Å². The van der Waals surface area contributed by atoms with Gasteiger partial charge in [0.15, 0.2) is 0 Å². The average Bonchev–Trinajstić information content (AvgIpc) is 2.12. The van der Waals surface area contributed by atoms with Crippen molar-refractivity contribution in [1.82, 2.24) is 0 Å². The Morgan fingerprint density at radius 1 is 1.23 bits per heavy atom. The summed E-state index contributed by atoms with van der Waals surface area (Å²) in [5.41, 5.74) is 1.52. The number of hydrogen-bond donors (Lipinski definition) is 1. The summed E-state index contributed by atoms with van der Waals surface area (Å²) in [4.78, 5) is 0. The first kappa shape index (κ1) is 9.00. The van der Waals surface area contributed by atoms with E-state index in [2.05, 4.69) is 5.32 Å². The number of fused-ring (bicyclic) bond motifs is 1. The van der Waals surface area contributed by atoms with Crippen molar-refractivity contribution in [3.8, 4) is 0 Å². The van der Waals surface area contributed by atoms with Crippen LogP contribution in [0.3, 0.4) is 0 Å². The lowest BCUT2D eigenvalue weighted by atomic mass is 10.2. The molecule has 5 heteroatoms. The Kier molecular flexibility index (Phi) is 2.28. The zero-order chi connectivity index (χ0) is 9.42. The van der Waals surface area contributed by atoms with E-state index >= 15 is 0 Å². The predicted molar refractivity (Wildman–Crippen MR) is 57.3 cm³/mol. The molecular formula is C8H5Cl3N2. The largest absolute Gasteiger partial charge is 0.357 e. The zero-order valence-electron chi connectivity index (χ0n) is 6.39. The molecule has 0 unspecified atom stereocenters. The van der Waals surface area contributed by atoms with Crippen LogP contribution in [0.1, 0.15) is 0 Å². The Hall–Kier alpha value is -0.570. The van der Waals surface area contributed by atoms with Crippen LogP contribution in [0.5, 0.6) is 0 Å². The van der Waals surface area contributed by atoms with E-state index in [1.54, 1.807) is 12.3 Å². The third-order valence-corrected chi connectivity index (χ3v) is 2.74. The van der Waals surface area contributed by atoms with Gasteiger partial charge in [-0.3, -0.25) is 0 Å². The highest BCUT2D eigenvalue weighted by Crippen LogP contribution is 2.40. The van der Waals surface area contributed by atoms with Gasteiger partial charge < -0.3 is 5.32 Å². The lowest BCUT2D eigenvalue weighted by Crippen LogP contribution is -2.14. The maximum absolute atomic E-state index is 5.95. The second-order valence-corrected chi connectivity index (χ2v) is 3.66. The highest BCUT2D eigenvalue weighted by Gasteiger charge is 2.19. The molecule has 0 amide bonds. The molecule has 0 radical (unpaired) electrons. The number of nitrogens with zero attached hydrogens (tertiary/aromatic N) is 1. The van der Waals surface area contributed by atoms with Gasteiger partial charge in [0, 0.05) is 18.0 Å². The first-order valence-corrected chi connectivity index (χ1v) is 4.66. The summed E-state index contributed by atoms with van der Waals surface area (Å²) < 4.78 is 1.32. The molecule has 0 bridgehead atoms. The Labute approximate surface area is 90.8 Å². The van der Waals surface area contributed by atoms with Crippen LogP contribution in [-0.2, 0) is 0 Å². The molecule has 0 aliphatic carbocycles. The minimum Gasteiger partial charge on any atom is -0.357 e. The Bertz CT molecular complexity index is 376. The molecule has 0 atom stereocenters. The number of para-hydroxylation sites is 1. The molecule has 1 aromatic carbocycles. The topological polar surface area (TPSA) is 15.3 Å². The van der Waals surface area contributed by atoms with Crippen LogP contribution in [0.15, 0.2) is 29.6 Å². The fourth-order valence-corrected chi connectivity index (χ4v) is 1.80. The summed E-state index contributed by atoms with van der Waals surface area (Å²) in [7, 11) is 0. The van der Waals surface area contributed by atoms with Crippen molar-refractivity contribution in [1.29, 1.82) is 0 Å². The maximum Gasteiger partial charge on any atom is 0.140 e. The molecule has 13 heavy (non-hydrogen) atoms. The van der Waals surface area contributed by atoms with Crippen molar-refractivity contribution in [2.75, 3.05) is 9.74 Å². The van der Waals surface area contributed by atoms with Gasteiger partial charge in [-0.1, -0.05) is 29.3 Å². The third-order valence-electron chi connectivity index (χ3n) is 1.72. The van der Waals surface area contributed by atoms with Gasteiger partial charge in [-0.25, -0.2) is 4.42 Å². The fraction of sp³-hybridized carbons (Fsp3) is 0. The molecule has 1 aliphatic heterocycles. The molecular weight excluding hydrogens is 230 g/mol. The minimum absolute atomic E-state index is 0.391. The van der Waals surface area contributed by atoms with Gasteiger partial charge in [-0.2, -0.15) is 0 Å². The van der Waals surface area contributed by atoms with E-state index in [-0.39, 0.29) is 0 Å². The Morgan fingerprint density at radius 3 is 2.77 bits per heavy atom. The molecule has 2 rings (SSSR count). The van der Waals surface area contributed by atoms with Crippen molar-refractivity contribution in [3.05, 3.63) is 34.6 Å². The summed E-state index contributed by atoms with van der Waals surface area (Å²) in [6, 6.07) is 5.47. The van der Waals surface area contributed by atoms with Crippen molar-refractivity contribution in [2.24, 2.45) is 0 Å². The normalized spacial score (nSPS) is 14.7. The van der Waals surface area contributed by atoms with Gasteiger partial charge in [-0.15, -0.1) is 0 Å². The molecule has 1 heterocycles. The monoisotopic (exact) mass is 234 g/mol. The smallest absolute Gasteiger partial charge is 0.140 e. The van der Waals surface area contributed by atoms with Crippen LogP contribution >= 0.6 is 35.0 Å². The lowest BCUT2D eigenvalue weighted by Gasteiger charge is -2.23. The van der Waals surface area contributed by atoms with Gasteiger partial charge >= 0.3 is 0 Å². The standard InChI is InChI=1S/C8H5Cl3N2/c9-5-2-1-3-6-8(5)13(11)7(10)4-12-6/h1-4,12H. The SMILES string of the molecule is ClC1=CNc2cccc(Cl)c2N1Cl. The Morgan fingerprint density at radius 2 is 2.00 bits per heavy atom. The molecule has 68 valence electrons. The van der Waals surface area contributed by atoms with Crippen molar-refractivity contribution >= 4 is 46.4 Å². The van der Waals surface area contributed by atoms with Crippen LogP contribution in [0, 0.1) is 0 Å². The van der Waals surface area contributed by atoms with Crippen LogP contribution < -0.4 is 9.74 Å². The van der Waals surface area contributed by atoms with E-state index in [0.29, 0.717) is 15.9 Å². The summed E-state index contributed by atoms with van der Waals surface area (Å²) in [5, 5.41) is 3.93. The Balaban J connectivity index is 2.57. The van der Waals surface area contributed by atoms with Gasteiger partial charge in [0.1, 0.15) is 10.8 Å². The van der Waals surface area contributed by atoms with Crippen molar-refractivity contribution in [3.63, 3.8) is 0 Å². The number of hydrogen-bond acceptors (Lipinski definition) is 2. The van der Waals surface area contributed by atoms with Crippen molar-refractivity contribution in [2.45, 2.75) is 0 Å². The summed E-state index contributed by atoms with van der Waals surface area (Å²) in [6.07, 6.45) is 1.60. The van der Waals surface area contributed by atoms with Crippen LogP contribution in [-0.4, -0.2) is 0 Å². The number of anilines is 2. The predicted octanol–water partition coefficient (Wildman–Crippen LogP) is 3.76. The van der Waals surface area contributed by atoms with E-state index < -0.39 is 0 Å². The molecule has 1 N–H and O–H groups in total. The third kappa shape index (κ3) is 1.46. The summed E-state index contributed by atoms with van der Waals surface area (Å²) >= 11 is 17.7. The van der Waals surface area contributed by atoms with Crippen LogP contribution in [0.25, 0.3) is 0 Å². The average molecular weight is 236 g/mol. The molecule has 0 aromatic heterocycles. The molecule has 1 aromatic rings. The van der Waals surface area contributed by atoms with Gasteiger partial charge in [0.2, 0.25) is 0 Å². The van der Waals surface area contributed by atoms with E-state index in [1.165, 1.54) is 4.42 Å². The molecule has 2 nitrogen and oxygen atoms in total. The summed E-state index contributed by atoms with van der Waals surface area (Å²) in [5.74, 6) is 0. The number of halogens is 3. The molecule has 0 spiro atoms. The quantitative estimate of drug-likeness (QED) is 0.544. The second-order valence-electron chi connectivity index (χ2n) is 2.53. The number of nitrogens with one attached hydrogen (secondary N) is 1. The van der Waals surface area contributed by atoms with Gasteiger partial charge in [0.05, 0.1) is 10.7 Å². The highest BCUT2D eigenvalue weighted by atomic mass is 35.5. The van der Waals surface area contributed by atoms with E-state index in [0.717, 1.165) is 5.69 Å². The maximum atomic E-state index is 5.95. The number of rotatable bonds is 0. The fourth-order valence-electron chi connectivity index (χ4n) is 1.13. The second kappa shape index (κ2) is 3.29. The minimum atomic E-state index is 0.391. The van der Waals surface area contributed by atoms with Gasteiger partial charge in [-0.05, 0) is 12.1 Å². The zero-order valence-corrected chi connectivity index (χ0v) is 8.66. The molecule has 0 fully saturated rings. The lowest BCUT2D eigenvalue weighted by molar-refractivity contribution is 1.32. The number of benzene rings is 1. The summed E-state index contributed by atoms with van der Waals surface area (Å²) in [6.45, 7) is 0. The molecule has 1 aliphatic rings. The highest BCUT2D eigenvalue weighted by molar-refractivity contribution is 6.44. The van der Waals surface area contributed by atoms with Crippen molar-refractivity contribution < 1.29 is 0 Å². The van der Waals surface area contributed by atoms with Gasteiger partial charge in [0.25, 0.3) is 0 Å². The molecule has 0 saturated heterocycles. The van der Waals surface area contributed by atoms with Crippen LogP contribution in [0.2, 0.25) is 5.02 Å². The van der Waals surface area contributed by atoms with Crippen LogP contribution in [0.4, 0.5) is 11.4 Å². The van der Waals surface area contributed by atoms with E-state index in [1.807, 2.05) is 12.1 Å². The molecule has 0 saturated carbocycles. The first-order chi connectivity index (χ1) is 6.20.